The number of halogens is 3. The monoisotopic (exact) mass is 486 g/mol. The lowest BCUT2D eigenvalue weighted by Crippen LogP contribution is -2.50. The molecule has 0 bridgehead atoms. The fourth-order valence-electron chi connectivity index (χ4n) is 4.92. The summed E-state index contributed by atoms with van der Waals surface area (Å²) in [7, 11) is 0. The fraction of sp³-hybridized carbons (Fsp3) is 0.444. The van der Waals surface area contributed by atoms with Crippen LogP contribution in [0.5, 0.6) is 5.75 Å². The average molecular weight is 487 g/mol. The SMILES string of the molecule is CCCCOc1ccc([C@H]2[C@H]3C(=O)CC(C)(C)CC3=Nc3ccccc3N2C(=O)C(F)(F)F)cc1. The molecular weight excluding hydrogens is 457 g/mol. The number of ketones is 1. The van der Waals surface area contributed by atoms with Crippen LogP contribution in [-0.2, 0) is 9.59 Å². The minimum atomic E-state index is -5.13. The summed E-state index contributed by atoms with van der Waals surface area (Å²) in [5.74, 6) is -2.64. The average Bonchev–Trinajstić information content (AvgIpc) is 2.92. The third-order valence-corrected chi connectivity index (χ3v) is 6.47. The Morgan fingerprint density at radius 1 is 1.11 bits per heavy atom. The number of ether oxygens (including phenoxy) is 1. The Balaban J connectivity index is 1.88. The summed E-state index contributed by atoms with van der Waals surface area (Å²) in [6.07, 6.45) is -2.65. The van der Waals surface area contributed by atoms with Crippen LogP contribution < -0.4 is 9.64 Å². The van der Waals surface area contributed by atoms with Gasteiger partial charge in [0.2, 0.25) is 0 Å². The molecule has 0 unspecified atom stereocenters. The molecule has 1 amide bonds. The van der Waals surface area contributed by atoms with E-state index in [0.29, 0.717) is 30.1 Å². The van der Waals surface area contributed by atoms with E-state index < -0.39 is 24.0 Å². The Bertz CT molecular complexity index is 1140. The van der Waals surface area contributed by atoms with Gasteiger partial charge in [-0.1, -0.05) is 51.5 Å². The minimum Gasteiger partial charge on any atom is -0.494 e. The van der Waals surface area contributed by atoms with E-state index in [2.05, 4.69) is 4.99 Å². The Morgan fingerprint density at radius 3 is 2.46 bits per heavy atom. The molecule has 1 aliphatic heterocycles. The molecule has 4 rings (SSSR count). The van der Waals surface area contributed by atoms with Crippen LogP contribution in [0.25, 0.3) is 0 Å². The second-order valence-electron chi connectivity index (χ2n) is 9.94. The van der Waals surface area contributed by atoms with E-state index in [1.807, 2.05) is 20.8 Å². The van der Waals surface area contributed by atoms with E-state index in [0.717, 1.165) is 17.7 Å². The molecule has 0 aromatic heterocycles. The first-order chi connectivity index (χ1) is 16.5. The minimum absolute atomic E-state index is 0.0376. The van der Waals surface area contributed by atoms with Gasteiger partial charge in [-0.05, 0) is 48.1 Å². The van der Waals surface area contributed by atoms with Crippen molar-refractivity contribution >= 4 is 28.8 Å². The van der Waals surface area contributed by atoms with Crippen molar-refractivity contribution in [1.82, 2.24) is 0 Å². The number of carbonyl (C=O) groups is 2. The number of alkyl halides is 3. The second-order valence-corrected chi connectivity index (χ2v) is 9.94. The van der Waals surface area contributed by atoms with Crippen molar-refractivity contribution in [2.45, 2.75) is 58.7 Å². The lowest BCUT2D eigenvalue weighted by Gasteiger charge is -2.41. The van der Waals surface area contributed by atoms with Crippen LogP contribution in [-0.4, -0.2) is 30.2 Å². The van der Waals surface area contributed by atoms with E-state index in [4.69, 9.17) is 4.74 Å². The van der Waals surface area contributed by atoms with Crippen molar-refractivity contribution in [3.63, 3.8) is 0 Å². The molecule has 1 fully saturated rings. The van der Waals surface area contributed by atoms with Gasteiger partial charge in [-0.3, -0.25) is 19.5 Å². The van der Waals surface area contributed by atoms with Crippen LogP contribution in [0.15, 0.2) is 53.5 Å². The third-order valence-electron chi connectivity index (χ3n) is 6.47. The van der Waals surface area contributed by atoms with Crippen molar-refractivity contribution < 1.29 is 27.5 Å². The largest absolute Gasteiger partial charge is 0.494 e. The molecule has 2 aromatic carbocycles. The number of rotatable bonds is 5. The number of nitrogens with zero attached hydrogens (tertiary/aromatic N) is 2. The van der Waals surface area contributed by atoms with Gasteiger partial charge in [0.15, 0.2) is 0 Å². The number of amides is 1. The van der Waals surface area contributed by atoms with Crippen molar-refractivity contribution in [3.05, 3.63) is 54.1 Å². The summed E-state index contributed by atoms with van der Waals surface area (Å²) in [5, 5.41) is 0. The van der Waals surface area contributed by atoms with E-state index in [1.165, 1.54) is 6.07 Å². The van der Waals surface area contributed by atoms with Gasteiger partial charge in [0, 0.05) is 12.1 Å². The molecular formula is C27H29F3N2O3. The van der Waals surface area contributed by atoms with Crippen LogP contribution in [0.2, 0.25) is 0 Å². The third kappa shape index (κ3) is 5.11. The lowest BCUT2D eigenvalue weighted by atomic mass is 9.68. The molecule has 0 saturated heterocycles. The fourth-order valence-corrected chi connectivity index (χ4v) is 4.92. The molecule has 0 N–H and O–H groups in total. The maximum Gasteiger partial charge on any atom is 0.471 e. The molecule has 1 heterocycles. The van der Waals surface area contributed by atoms with Gasteiger partial charge in [-0.15, -0.1) is 0 Å². The zero-order chi connectivity index (χ0) is 25.4. The molecule has 5 nitrogen and oxygen atoms in total. The van der Waals surface area contributed by atoms with Crippen molar-refractivity contribution in [2.24, 2.45) is 16.3 Å². The summed E-state index contributed by atoms with van der Waals surface area (Å²) in [6, 6.07) is 11.7. The molecule has 0 spiro atoms. The summed E-state index contributed by atoms with van der Waals surface area (Å²) < 4.78 is 47.4. The molecule has 35 heavy (non-hydrogen) atoms. The zero-order valence-corrected chi connectivity index (χ0v) is 20.1. The van der Waals surface area contributed by atoms with Gasteiger partial charge >= 0.3 is 12.1 Å². The van der Waals surface area contributed by atoms with Crippen LogP contribution in [0, 0.1) is 11.3 Å². The zero-order valence-electron chi connectivity index (χ0n) is 20.1. The van der Waals surface area contributed by atoms with Crippen molar-refractivity contribution in [2.75, 3.05) is 11.5 Å². The first-order valence-electron chi connectivity index (χ1n) is 11.8. The molecule has 8 heteroatoms. The Labute approximate surface area is 203 Å². The van der Waals surface area contributed by atoms with E-state index in [9.17, 15) is 22.8 Å². The van der Waals surface area contributed by atoms with E-state index in [1.54, 1.807) is 42.5 Å². The first-order valence-corrected chi connectivity index (χ1v) is 11.8. The number of unbranched alkanes of at least 4 members (excludes halogenated alkanes) is 1. The van der Waals surface area contributed by atoms with Gasteiger partial charge in [0.25, 0.3) is 0 Å². The number of fused-ring (bicyclic) bond motifs is 2. The predicted molar refractivity (Wildman–Crippen MR) is 128 cm³/mol. The highest BCUT2D eigenvalue weighted by Crippen LogP contribution is 2.49. The Hall–Kier alpha value is -3.16. The highest BCUT2D eigenvalue weighted by molar-refractivity contribution is 6.13. The number of carbonyl (C=O) groups excluding carboxylic acids is 2. The molecule has 1 saturated carbocycles. The van der Waals surface area contributed by atoms with Crippen LogP contribution in [0.3, 0.4) is 0 Å². The smallest absolute Gasteiger partial charge is 0.471 e. The Kier molecular flexibility index (Phi) is 6.75. The number of hydrogen-bond acceptors (Lipinski definition) is 4. The number of aliphatic imine (C=N–C) groups is 1. The van der Waals surface area contributed by atoms with Gasteiger partial charge in [0.1, 0.15) is 11.5 Å². The molecule has 186 valence electrons. The maximum atomic E-state index is 13.9. The van der Waals surface area contributed by atoms with Crippen LogP contribution in [0.4, 0.5) is 24.5 Å². The van der Waals surface area contributed by atoms with Gasteiger partial charge in [-0.2, -0.15) is 13.2 Å². The highest BCUT2D eigenvalue weighted by atomic mass is 19.4. The number of Topliss-reactive ketones (excluding diaryl/α,β-unsaturated/α-hetero) is 1. The maximum absolute atomic E-state index is 13.9. The second kappa shape index (κ2) is 9.47. The topological polar surface area (TPSA) is 59.0 Å². The highest BCUT2D eigenvalue weighted by Gasteiger charge is 2.52. The first kappa shape index (κ1) is 24.9. The molecule has 2 aromatic rings. The van der Waals surface area contributed by atoms with Gasteiger partial charge in [0.05, 0.1) is 29.9 Å². The Morgan fingerprint density at radius 2 is 1.80 bits per heavy atom. The van der Waals surface area contributed by atoms with Crippen LogP contribution >= 0.6 is 0 Å². The summed E-state index contributed by atoms with van der Waals surface area (Å²) in [5.41, 5.74) is 0.831. The summed E-state index contributed by atoms with van der Waals surface area (Å²) in [4.78, 5) is 31.7. The number of anilines is 1. The summed E-state index contributed by atoms with van der Waals surface area (Å²) in [6.45, 7) is 6.45. The molecule has 2 atom stereocenters. The molecule has 2 aliphatic rings. The van der Waals surface area contributed by atoms with Gasteiger partial charge in [-0.25, -0.2) is 0 Å². The van der Waals surface area contributed by atoms with Crippen molar-refractivity contribution in [3.8, 4) is 5.75 Å². The number of hydrogen-bond donors (Lipinski definition) is 0. The summed E-state index contributed by atoms with van der Waals surface area (Å²) >= 11 is 0. The quantitative estimate of drug-likeness (QED) is 0.448. The number of para-hydroxylation sites is 2. The van der Waals surface area contributed by atoms with Crippen LogP contribution in [0.1, 0.15) is 58.1 Å². The number of benzene rings is 2. The van der Waals surface area contributed by atoms with E-state index in [-0.39, 0.29) is 29.0 Å². The predicted octanol–water partition coefficient (Wildman–Crippen LogP) is 6.59. The normalized spacial score (nSPS) is 21.5. The van der Waals surface area contributed by atoms with E-state index >= 15 is 0 Å². The lowest BCUT2D eigenvalue weighted by molar-refractivity contribution is -0.171. The standard InChI is InChI=1S/C27H29F3N2O3/c1-4-5-14-35-18-12-10-17(11-13-18)24-23-20(15-26(2,3)16-22(23)33)31-19-8-6-7-9-21(19)32(24)25(34)27(28,29)30/h6-13,23-24H,4-5,14-16H2,1-3H3/t23-,24+/m1/s1. The molecule has 1 aliphatic carbocycles. The van der Waals surface area contributed by atoms with Gasteiger partial charge < -0.3 is 4.74 Å². The molecule has 0 radical (unpaired) electrons. The van der Waals surface area contributed by atoms with Crippen molar-refractivity contribution in [1.29, 1.82) is 0 Å².